The molecule has 3 rings (SSSR count). The van der Waals surface area contributed by atoms with Gasteiger partial charge in [-0.1, -0.05) is 30.3 Å². The van der Waals surface area contributed by atoms with Crippen molar-refractivity contribution in [2.75, 3.05) is 5.75 Å². The van der Waals surface area contributed by atoms with E-state index in [1.807, 2.05) is 0 Å². The number of allylic oxidation sites excluding steroid dienone is 1. The number of carbonyl (C=O) groups is 1. The van der Waals surface area contributed by atoms with Crippen molar-refractivity contribution < 1.29 is 17.6 Å². The number of sulfone groups is 1. The van der Waals surface area contributed by atoms with Crippen LogP contribution in [0, 0.1) is 5.82 Å². The number of halogens is 1. The van der Waals surface area contributed by atoms with Crippen LogP contribution in [0.5, 0.6) is 0 Å². The Bertz CT molecular complexity index is 918. The molecule has 0 bridgehead atoms. The zero-order chi connectivity index (χ0) is 17.3. The van der Waals surface area contributed by atoms with Crippen LogP contribution in [0.15, 0.2) is 59.5 Å². The Kier molecular flexibility index (Phi) is 4.24. The van der Waals surface area contributed by atoms with E-state index in [-0.39, 0.29) is 22.4 Å². The van der Waals surface area contributed by atoms with E-state index in [2.05, 4.69) is 5.32 Å². The maximum Gasteiger partial charge on any atom is 0.244 e. The lowest BCUT2D eigenvalue weighted by Crippen LogP contribution is -2.28. The van der Waals surface area contributed by atoms with Crippen LogP contribution in [0.25, 0.3) is 5.57 Å². The highest BCUT2D eigenvalue weighted by Crippen LogP contribution is 2.32. The van der Waals surface area contributed by atoms with Crippen LogP contribution in [0.4, 0.5) is 4.39 Å². The number of rotatable bonds is 3. The molecule has 1 atom stereocenters. The van der Waals surface area contributed by atoms with Crippen LogP contribution in [-0.4, -0.2) is 20.1 Å². The minimum Gasteiger partial charge on any atom is -0.345 e. The summed E-state index contributed by atoms with van der Waals surface area (Å²) in [5.41, 5.74) is 2.01. The number of fused-ring (bicyclic) bond motifs is 1. The minimum absolute atomic E-state index is 0.137. The summed E-state index contributed by atoms with van der Waals surface area (Å²) < 4.78 is 37.2. The lowest BCUT2D eigenvalue weighted by atomic mass is 10.1. The zero-order valence-corrected chi connectivity index (χ0v) is 13.8. The first-order valence-electron chi connectivity index (χ1n) is 7.43. The number of benzene rings is 2. The van der Waals surface area contributed by atoms with Gasteiger partial charge in [0, 0.05) is 6.08 Å². The second-order valence-corrected chi connectivity index (χ2v) is 7.72. The van der Waals surface area contributed by atoms with E-state index in [4.69, 9.17) is 0 Å². The highest BCUT2D eigenvalue weighted by atomic mass is 32.2. The third-order valence-corrected chi connectivity index (χ3v) is 5.79. The molecule has 2 aromatic carbocycles. The van der Waals surface area contributed by atoms with Gasteiger partial charge in [0.25, 0.3) is 0 Å². The molecule has 1 aliphatic heterocycles. The second-order valence-electron chi connectivity index (χ2n) is 5.71. The summed E-state index contributed by atoms with van der Waals surface area (Å²) in [6.45, 7) is 1.74. The highest BCUT2D eigenvalue weighted by Gasteiger charge is 2.34. The quantitative estimate of drug-likeness (QED) is 0.870. The first-order valence-corrected chi connectivity index (χ1v) is 9.08. The number of hydrogen-bond donors (Lipinski definition) is 1. The van der Waals surface area contributed by atoms with E-state index in [0.29, 0.717) is 11.1 Å². The van der Waals surface area contributed by atoms with Crippen molar-refractivity contribution in [2.24, 2.45) is 0 Å². The van der Waals surface area contributed by atoms with Crippen molar-refractivity contribution in [3.63, 3.8) is 0 Å². The van der Waals surface area contributed by atoms with E-state index in [1.54, 1.807) is 43.3 Å². The molecule has 4 nitrogen and oxygen atoms in total. The predicted molar refractivity (Wildman–Crippen MR) is 89.4 cm³/mol. The summed E-state index contributed by atoms with van der Waals surface area (Å²) in [5, 5.41) is 2.73. The largest absolute Gasteiger partial charge is 0.345 e. The number of nitrogens with one attached hydrogen (secondary N) is 1. The molecule has 2 aromatic rings. The maximum atomic E-state index is 12.9. The molecular weight excluding hydrogens is 329 g/mol. The van der Waals surface area contributed by atoms with Crippen LogP contribution in [0.2, 0.25) is 0 Å². The molecule has 0 aliphatic carbocycles. The van der Waals surface area contributed by atoms with Crippen molar-refractivity contribution >= 4 is 21.3 Å². The molecule has 124 valence electrons. The van der Waals surface area contributed by atoms with Gasteiger partial charge in [0.1, 0.15) is 5.82 Å². The average molecular weight is 345 g/mol. The molecule has 1 N–H and O–H groups in total. The van der Waals surface area contributed by atoms with Gasteiger partial charge < -0.3 is 5.32 Å². The van der Waals surface area contributed by atoms with Gasteiger partial charge in [0.2, 0.25) is 5.91 Å². The third-order valence-electron chi connectivity index (χ3n) is 3.98. The maximum absolute atomic E-state index is 12.9. The van der Waals surface area contributed by atoms with Crippen molar-refractivity contribution in [3.05, 3.63) is 71.6 Å². The summed E-state index contributed by atoms with van der Waals surface area (Å²) in [6, 6.07) is 11.9. The van der Waals surface area contributed by atoms with Gasteiger partial charge in [0.15, 0.2) is 9.84 Å². The van der Waals surface area contributed by atoms with Crippen LogP contribution in [-0.2, 0) is 14.6 Å². The predicted octanol–water partition coefficient (Wildman–Crippen LogP) is 2.87. The summed E-state index contributed by atoms with van der Waals surface area (Å²) in [4.78, 5) is 12.5. The Morgan fingerprint density at radius 2 is 1.83 bits per heavy atom. The molecule has 0 unspecified atom stereocenters. The van der Waals surface area contributed by atoms with Gasteiger partial charge in [0.05, 0.1) is 16.7 Å². The van der Waals surface area contributed by atoms with E-state index in [0.717, 1.165) is 5.56 Å². The van der Waals surface area contributed by atoms with Gasteiger partial charge in [-0.2, -0.15) is 0 Å². The fourth-order valence-corrected chi connectivity index (χ4v) is 4.51. The first kappa shape index (κ1) is 16.4. The standard InChI is InChI=1S/C18H16FNO3S/c1-12(13-6-8-14(19)9-7-13)10-18(21)20-16-11-24(22,23)17-5-3-2-4-15(16)17/h2-10,16H,11H2,1H3,(H,20,21)/b12-10+/t16-/m1/s1. The minimum atomic E-state index is -3.36. The lowest BCUT2D eigenvalue weighted by molar-refractivity contribution is -0.117. The highest BCUT2D eigenvalue weighted by molar-refractivity contribution is 7.91. The van der Waals surface area contributed by atoms with Gasteiger partial charge >= 0.3 is 0 Å². The molecule has 0 saturated heterocycles. The normalized spacial score (nSPS) is 18.9. The van der Waals surface area contributed by atoms with Crippen LogP contribution < -0.4 is 5.32 Å². The fraction of sp³-hybridized carbons (Fsp3) is 0.167. The summed E-state index contributed by atoms with van der Waals surface area (Å²) in [6.07, 6.45) is 1.39. The Labute approximate surface area is 139 Å². The Morgan fingerprint density at radius 3 is 2.54 bits per heavy atom. The molecule has 0 aromatic heterocycles. The first-order chi connectivity index (χ1) is 11.4. The molecule has 0 radical (unpaired) electrons. The average Bonchev–Trinajstić information content (AvgIpc) is 2.79. The summed E-state index contributed by atoms with van der Waals surface area (Å²) >= 11 is 0. The van der Waals surface area contributed by atoms with Gasteiger partial charge in [-0.15, -0.1) is 0 Å². The van der Waals surface area contributed by atoms with E-state index < -0.39 is 15.9 Å². The van der Waals surface area contributed by atoms with Crippen LogP contribution >= 0.6 is 0 Å². The van der Waals surface area contributed by atoms with Crippen LogP contribution in [0.1, 0.15) is 24.1 Å². The van der Waals surface area contributed by atoms with E-state index >= 15 is 0 Å². The van der Waals surface area contributed by atoms with Crippen molar-refractivity contribution in [1.29, 1.82) is 0 Å². The van der Waals surface area contributed by atoms with Gasteiger partial charge in [-0.3, -0.25) is 4.79 Å². The molecule has 24 heavy (non-hydrogen) atoms. The number of amides is 1. The molecule has 0 spiro atoms. The van der Waals surface area contributed by atoms with Crippen LogP contribution in [0.3, 0.4) is 0 Å². The second kappa shape index (κ2) is 6.20. The van der Waals surface area contributed by atoms with E-state index in [9.17, 15) is 17.6 Å². The topological polar surface area (TPSA) is 63.2 Å². The fourth-order valence-electron chi connectivity index (χ4n) is 2.78. The monoisotopic (exact) mass is 345 g/mol. The zero-order valence-electron chi connectivity index (χ0n) is 13.0. The molecule has 0 saturated carbocycles. The third kappa shape index (κ3) is 3.23. The Hall–Kier alpha value is -2.47. The van der Waals surface area contributed by atoms with Gasteiger partial charge in [-0.05, 0) is 41.8 Å². The van der Waals surface area contributed by atoms with Crippen molar-refractivity contribution in [2.45, 2.75) is 17.9 Å². The van der Waals surface area contributed by atoms with E-state index in [1.165, 1.54) is 18.2 Å². The van der Waals surface area contributed by atoms with Gasteiger partial charge in [-0.25, -0.2) is 12.8 Å². The molecule has 1 heterocycles. The Balaban J connectivity index is 1.79. The number of hydrogen-bond acceptors (Lipinski definition) is 3. The van der Waals surface area contributed by atoms with Crippen molar-refractivity contribution in [1.82, 2.24) is 5.32 Å². The molecule has 1 aliphatic rings. The molecule has 6 heteroatoms. The molecular formula is C18H16FNO3S. The SMILES string of the molecule is C/C(=C\C(=O)N[C@@H]1CS(=O)(=O)c2ccccc21)c1ccc(F)cc1. The Morgan fingerprint density at radius 1 is 1.17 bits per heavy atom. The number of carbonyl (C=O) groups excluding carboxylic acids is 1. The lowest BCUT2D eigenvalue weighted by Gasteiger charge is -2.11. The molecule has 0 fully saturated rings. The summed E-state index contributed by atoms with van der Waals surface area (Å²) in [7, 11) is -3.36. The molecule has 1 amide bonds. The summed E-state index contributed by atoms with van der Waals surface area (Å²) in [5.74, 6) is -0.862. The van der Waals surface area contributed by atoms with Crippen molar-refractivity contribution in [3.8, 4) is 0 Å². The smallest absolute Gasteiger partial charge is 0.244 e.